The van der Waals surface area contributed by atoms with E-state index >= 15 is 0 Å². The van der Waals surface area contributed by atoms with E-state index in [9.17, 15) is 0 Å². The number of para-hydroxylation sites is 1. The van der Waals surface area contributed by atoms with E-state index in [2.05, 4.69) is 76.6 Å². The van der Waals surface area contributed by atoms with Crippen molar-refractivity contribution in [3.05, 3.63) is 47.3 Å². The molecule has 1 aliphatic heterocycles. The number of rotatable bonds is 8. The van der Waals surface area contributed by atoms with Crippen LogP contribution in [0.25, 0.3) is 0 Å². The van der Waals surface area contributed by atoms with Crippen LogP contribution in [0, 0.1) is 13.8 Å². The molecule has 2 aromatic rings. The highest BCUT2D eigenvalue weighted by molar-refractivity contribution is 14.0. The molecule has 1 saturated heterocycles. The number of hydrogen-bond acceptors (Lipinski definition) is 4. The average molecular weight is 540 g/mol. The van der Waals surface area contributed by atoms with Gasteiger partial charge in [0.1, 0.15) is 0 Å². The smallest absolute Gasteiger partial charge is 0.191 e. The zero-order valence-corrected chi connectivity index (χ0v) is 21.7. The van der Waals surface area contributed by atoms with Gasteiger partial charge in [0, 0.05) is 63.3 Å². The van der Waals surface area contributed by atoms with E-state index in [-0.39, 0.29) is 24.0 Å². The molecule has 3 rings (SSSR count). The summed E-state index contributed by atoms with van der Waals surface area (Å²) in [5.41, 5.74) is 4.79. The Morgan fingerprint density at radius 2 is 1.77 bits per heavy atom. The molecule has 1 aromatic carbocycles. The van der Waals surface area contributed by atoms with Crippen LogP contribution in [0.3, 0.4) is 0 Å². The van der Waals surface area contributed by atoms with Gasteiger partial charge in [0.25, 0.3) is 0 Å². The third kappa shape index (κ3) is 7.38. The van der Waals surface area contributed by atoms with Gasteiger partial charge in [0.2, 0.25) is 0 Å². The number of nitrogens with one attached hydrogen (secondary N) is 2. The number of guanidine groups is 1. The molecular formula is C23H38IN7. The van der Waals surface area contributed by atoms with Crippen LogP contribution in [0.4, 0.5) is 5.69 Å². The largest absolute Gasteiger partial charge is 0.369 e. The van der Waals surface area contributed by atoms with Crippen molar-refractivity contribution in [3.8, 4) is 0 Å². The minimum atomic E-state index is 0. The molecule has 0 aliphatic carbocycles. The molecule has 0 saturated carbocycles. The summed E-state index contributed by atoms with van der Waals surface area (Å²) in [6.07, 6.45) is 1.11. The Labute approximate surface area is 204 Å². The molecule has 1 aromatic heterocycles. The van der Waals surface area contributed by atoms with Gasteiger partial charge in [0.05, 0.1) is 12.2 Å². The maximum Gasteiger partial charge on any atom is 0.191 e. The van der Waals surface area contributed by atoms with E-state index in [0.717, 1.165) is 63.9 Å². The van der Waals surface area contributed by atoms with Crippen molar-refractivity contribution in [1.82, 2.24) is 25.3 Å². The van der Waals surface area contributed by atoms with Gasteiger partial charge in [0.15, 0.2) is 5.96 Å². The maximum absolute atomic E-state index is 4.77. The molecule has 2 heterocycles. The highest BCUT2D eigenvalue weighted by Gasteiger charge is 2.16. The first-order chi connectivity index (χ1) is 14.6. The number of nitrogens with zero attached hydrogens (tertiary/aromatic N) is 5. The molecular weight excluding hydrogens is 501 g/mol. The fourth-order valence-corrected chi connectivity index (χ4v) is 3.92. The molecule has 0 atom stereocenters. The summed E-state index contributed by atoms with van der Waals surface area (Å²) in [6, 6.07) is 10.7. The fraction of sp³-hybridized carbons (Fsp3) is 0.565. The van der Waals surface area contributed by atoms with E-state index in [1.165, 1.54) is 16.9 Å². The van der Waals surface area contributed by atoms with Crippen molar-refractivity contribution in [1.29, 1.82) is 0 Å². The van der Waals surface area contributed by atoms with Gasteiger partial charge in [-0.25, -0.2) is 4.99 Å². The average Bonchev–Trinajstić information content (AvgIpc) is 3.01. The van der Waals surface area contributed by atoms with Gasteiger partial charge in [-0.2, -0.15) is 5.10 Å². The van der Waals surface area contributed by atoms with Crippen LogP contribution >= 0.6 is 24.0 Å². The highest BCUT2D eigenvalue weighted by atomic mass is 127. The second kappa shape index (κ2) is 12.9. The quantitative estimate of drug-likeness (QED) is 0.234. The molecule has 2 N–H and O–H groups in total. The Kier molecular flexibility index (Phi) is 10.6. The zero-order valence-electron chi connectivity index (χ0n) is 19.4. The van der Waals surface area contributed by atoms with E-state index in [4.69, 9.17) is 4.99 Å². The normalized spacial score (nSPS) is 15.0. The molecule has 172 valence electrons. The van der Waals surface area contributed by atoms with Gasteiger partial charge in [-0.15, -0.1) is 24.0 Å². The predicted octanol–water partition coefficient (Wildman–Crippen LogP) is 2.92. The number of anilines is 1. The van der Waals surface area contributed by atoms with Crippen molar-refractivity contribution in [2.75, 3.05) is 50.7 Å². The van der Waals surface area contributed by atoms with E-state index in [1.807, 2.05) is 11.7 Å². The van der Waals surface area contributed by atoms with Crippen LogP contribution in [0.5, 0.6) is 0 Å². The number of aliphatic imine (C=N–C) groups is 1. The Bertz CT molecular complexity index is 811. The Balaban J connectivity index is 0.00000341. The summed E-state index contributed by atoms with van der Waals surface area (Å²) >= 11 is 0. The zero-order chi connectivity index (χ0) is 21.3. The van der Waals surface area contributed by atoms with Crippen LogP contribution < -0.4 is 15.5 Å². The van der Waals surface area contributed by atoms with Gasteiger partial charge in [-0.05, 0) is 45.9 Å². The molecule has 1 fully saturated rings. The number of benzene rings is 1. The van der Waals surface area contributed by atoms with Crippen LogP contribution in [-0.4, -0.2) is 66.5 Å². The number of hydrogen-bond donors (Lipinski definition) is 2. The maximum atomic E-state index is 4.77. The van der Waals surface area contributed by atoms with Gasteiger partial charge in [-0.3, -0.25) is 9.58 Å². The summed E-state index contributed by atoms with van der Waals surface area (Å²) in [7, 11) is 1.98. The molecule has 7 nitrogen and oxygen atoms in total. The lowest BCUT2D eigenvalue weighted by Crippen LogP contribution is -2.47. The van der Waals surface area contributed by atoms with Gasteiger partial charge < -0.3 is 15.5 Å². The topological polar surface area (TPSA) is 60.7 Å². The van der Waals surface area contributed by atoms with Crippen molar-refractivity contribution in [2.45, 2.75) is 33.7 Å². The summed E-state index contributed by atoms with van der Waals surface area (Å²) in [5.74, 6) is 0.883. The first-order valence-corrected chi connectivity index (χ1v) is 11.1. The van der Waals surface area contributed by atoms with Crippen LogP contribution in [0.15, 0.2) is 35.3 Å². The summed E-state index contributed by atoms with van der Waals surface area (Å²) in [4.78, 5) is 9.81. The van der Waals surface area contributed by atoms with Crippen LogP contribution in [-0.2, 0) is 13.6 Å². The first-order valence-electron chi connectivity index (χ1n) is 11.1. The van der Waals surface area contributed by atoms with Crippen molar-refractivity contribution >= 4 is 35.6 Å². The number of aryl methyl sites for hydroxylation is 2. The second-order valence-corrected chi connectivity index (χ2v) is 7.91. The van der Waals surface area contributed by atoms with Gasteiger partial charge >= 0.3 is 0 Å². The van der Waals surface area contributed by atoms with Gasteiger partial charge in [-0.1, -0.05) is 18.2 Å². The highest BCUT2D eigenvalue weighted by Crippen LogP contribution is 2.15. The molecule has 1 aliphatic rings. The molecule has 0 unspecified atom stereocenters. The van der Waals surface area contributed by atoms with Crippen molar-refractivity contribution in [3.63, 3.8) is 0 Å². The summed E-state index contributed by atoms with van der Waals surface area (Å²) < 4.78 is 1.93. The fourth-order valence-electron chi connectivity index (χ4n) is 3.92. The third-order valence-corrected chi connectivity index (χ3v) is 5.84. The Morgan fingerprint density at radius 1 is 1.06 bits per heavy atom. The minimum Gasteiger partial charge on any atom is -0.369 e. The standard InChI is InChI=1S/C23H37N7.HI/c1-5-24-23(26-18-22-19(2)27-28(4)20(22)3)25-12-9-13-29-14-16-30(17-15-29)21-10-7-6-8-11-21;/h6-8,10-11H,5,9,12-18H2,1-4H3,(H2,24,25,26);1H. The van der Waals surface area contributed by atoms with Crippen LogP contribution in [0.1, 0.15) is 30.3 Å². The number of halogens is 1. The molecule has 0 spiro atoms. The Hall–Kier alpha value is -1.81. The minimum absolute atomic E-state index is 0. The lowest BCUT2D eigenvalue weighted by molar-refractivity contribution is 0.255. The molecule has 0 amide bonds. The number of piperazine rings is 1. The number of aromatic nitrogens is 2. The molecule has 0 bridgehead atoms. The van der Waals surface area contributed by atoms with Crippen molar-refractivity contribution in [2.24, 2.45) is 12.0 Å². The first kappa shape index (κ1) is 25.5. The SMILES string of the molecule is CCNC(=NCc1c(C)nn(C)c1C)NCCCN1CCN(c2ccccc2)CC1.I. The van der Waals surface area contributed by atoms with E-state index in [0.29, 0.717) is 6.54 Å². The summed E-state index contributed by atoms with van der Waals surface area (Å²) in [5, 5.41) is 11.3. The third-order valence-electron chi connectivity index (χ3n) is 5.84. The van der Waals surface area contributed by atoms with Crippen molar-refractivity contribution < 1.29 is 0 Å². The Morgan fingerprint density at radius 3 is 2.39 bits per heavy atom. The van der Waals surface area contributed by atoms with E-state index < -0.39 is 0 Å². The lowest BCUT2D eigenvalue weighted by Gasteiger charge is -2.36. The molecule has 0 radical (unpaired) electrons. The monoisotopic (exact) mass is 539 g/mol. The summed E-state index contributed by atoms with van der Waals surface area (Å²) in [6.45, 7) is 14.3. The van der Waals surface area contributed by atoms with Crippen LogP contribution in [0.2, 0.25) is 0 Å². The second-order valence-electron chi connectivity index (χ2n) is 7.91. The lowest BCUT2D eigenvalue weighted by atomic mass is 10.2. The molecule has 31 heavy (non-hydrogen) atoms. The molecule has 8 heteroatoms. The van der Waals surface area contributed by atoms with E-state index in [1.54, 1.807) is 0 Å². The predicted molar refractivity (Wildman–Crippen MR) is 141 cm³/mol.